The number of amides is 1. The van der Waals surface area contributed by atoms with Crippen LogP contribution in [0.2, 0.25) is 0 Å². The summed E-state index contributed by atoms with van der Waals surface area (Å²) in [6, 6.07) is 1.94. The highest BCUT2D eigenvalue weighted by Crippen LogP contribution is 2.20. The van der Waals surface area contributed by atoms with E-state index in [1.165, 1.54) is 0 Å². The molecule has 3 rings (SSSR count). The van der Waals surface area contributed by atoms with Crippen LogP contribution in [0.1, 0.15) is 35.9 Å². The van der Waals surface area contributed by atoms with Crippen molar-refractivity contribution in [3.63, 3.8) is 0 Å². The van der Waals surface area contributed by atoms with E-state index in [1.807, 2.05) is 28.8 Å². The Morgan fingerprint density at radius 2 is 2.00 bits per heavy atom. The lowest BCUT2D eigenvalue weighted by Crippen LogP contribution is -2.39. The predicted octanol–water partition coefficient (Wildman–Crippen LogP) is 1.79. The van der Waals surface area contributed by atoms with Crippen LogP contribution >= 0.6 is 0 Å². The molecule has 2 aromatic heterocycles. The van der Waals surface area contributed by atoms with Crippen LogP contribution in [0, 0.1) is 5.92 Å². The summed E-state index contributed by atoms with van der Waals surface area (Å²) in [5, 5.41) is 4.25. The van der Waals surface area contributed by atoms with Crippen LogP contribution in [-0.2, 0) is 13.0 Å². The summed E-state index contributed by atoms with van der Waals surface area (Å²) in [7, 11) is 0. The van der Waals surface area contributed by atoms with E-state index >= 15 is 0 Å². The fraction of sp³-hybridized carbons (Fsp3) is 0.500. The smallest absolute Gasteiger partial charge is 0.256 e. The van der Waals surface area contributed by atoms with E-state index in [2.05, 4.69) is 15.1 Å². The SMILES string of the molecule is CCc1ncc(C(=O)N2CCC(Cn3cccn3)CC2)cn1. The highest BCUT2D eigenvalue weighted by molar-refractivity contribution is 5.93. The molecule has 0 aromatic carbocycles. The zero-order valence-corrected chi connectivity index (χ0v) is 12.9. The Morgan fingerprint density at radius 3 is 2.59 bits per heavy atom. The summed E-state index contributed by atoms with van der Waals surface area (Å²) < 4.78 is 1.97. The van der Waals surface area contributed by atoms with Crippen LogP contribution in [-0.4, -0.2) is 43.6 Å². The number of likely N-dealkylation sites (tertiary alicyclic amines) is 1. The first-order valence-electron chi connectivity index (χ1n) is 7.84. The molecule has 3 heterocycles. The second-order valence-corrected chi connectivity index (χ2v) is 5.71. The molecule has 6 heteroatoms. The van der Waals surface area contributed by atoms with Crippen LogP contribution in [0.15, 0.2) is 30.9 Å². The third kappa shape index (κ3) is 3.32. The second-order valence-electron chi connectivity index (χ2n) is 5.71. The van der Waals surface area contributed by atoms with Gasteiger partial charge in [0, 0.05) is 50.8 Å². The van der Waals surface area contributed by atoms with Crippen molar-refractivity contribution in [3.05, 3.63) is 42.2 Å². The van der Waals surface area contributed by atoms with Gasteiger partial charge in [-0.25, -0.2) is 9.97 Å². The summed E-state index contributed by atoms with van der Waals surface area (Å²) in [5.74, 6) is 1.40. The van der Waals surface area contributed by atoms with E-state index in [4.69, 9.17) is 0 Å². The normalized spacial score (nSPS) is 16.0. The molecule has 116 valence electrons. The van der Waals surface area contributed by atoms with Crippen molar-refractivity contribution in [2.24, 2.45) is 5.92 Å². The molecule has 6 nitrogen and oxygen atoms in total. The first kappa shape index (κ1) is 14.7. The van der Waals surface area contributed by atoms with Gasteiger partial charge in [0.05, 0.1) is 5.56 Å². The number of rotatable bonds is 4. The van der Waals surface area contributed by atoms with Gasteiger partial charge < -0.3 is 4.90 Å². The topological polar surface area (TPSA) is 63.9 Å². The van der Waals surface area contributed by atoms with Gasteiger partial charge in [-0.15, -0.1) is 0 Å². The largest absolute Gasteiger partial charge is 0.339 e. The summed E-state index contributed by atoms with van der Waals surface area (Å²) in [6.07, 6.45) is 9.89. The molecule has 1 saturated heterocycles. The van der Waals surface area contributed by atoms with E-state index in [1.54, 1.807) is 18.6 Å². The van der Waals surface area contributed by atoms with E-state index in [0.29, 0.717) is 11.5 Å². The summed E-state index contributed by atoms with van der Waals surface area (Å²) in [6.45, 7) is 4.52. The van der Waals surface area contributed by atoms with Gasteiger partial charge in [0.2, 0.25) is 0 Å². The third-order valence-electron chi connectivity index (χ3n) is 4.17. The molecule has 0 unspecified atom stereocenters. The standard InChI is InChI=1S/C16H21N5O/c1-2-15-17-10-14(11-18-15)16(22)20-8-4-13(5-9-20)12-21-7-3-6-19-21/h3,6-7,10-11,13H,2,4-5,8-9,12H2,1H3. The Balaban J connectivity index is 1.54. The number of hydrogen-bond acceptors (Lipinski definition) is 4. The first-order chi connectivity index (χ1) is 10.8. The molecule has 1 amide bonds. The Bertz CT molecular complexity index is 600. The van der Waals surface area contributed by atoms with Gasteiger partial charge in [0.1, 0.15) is 5.82 Å². The maximum atomic E-state index is 12.5. The van der Waals surface area contributed by atoms with Crippen LogP contribution in [0.5, 0.6) is 0 Å². The quantitative estimate of drug-likeness (QED) is 0.863. The predicted molar refractivity (Wildman–Crippen MR) is 82.3 cm³/mol. The Labute approximate surface area is 130 Å². The van der Waals surface area contributed by atoms with Gasteiger partial charge in [-0.3, -0.25) is 9.48 Å². The number of piperidine rings is 1. The zero-order chi connectivity index (χ0) is 15.4. The molecule has 0 saturated carbocycles. The summed E-state index contributed by atoms with van der Waals surface area (Å²) >= 11 is 0. The zero-order valence-electron chi connectivity index (χ0n) is 12.9. The van der Waals surface area contributed by atoms with Crippen molar-refractivity contribution in [1.82, 2.24) is 24.6 Å². The lowest BCUT2D eigenvalue weighted by atomic mass is 9.96. The Hall–Kier alpha value is -2.24. The minimum Gasteiger partial charge on any atom is -0.339 e. The van der Waals surface area contributed by atoms with Crippen LogP contribution in [0.3, 0.4) is 0 Å². The van der Waals surface area contributed by atoms with Crippen molar-refractivity contribution in [3.8, 4) is 0 Å². The lowest BCUT2D eigenvalue weighted by molar-refractivity contribution is 0.0680. The van der Waals surface area contributed by atoms with Crippen molar-refractivity contribution in [2.45, 2.75) is 32.7 Å². The fourth-order valence-electron chi connectivity index (χ4n) is 2.82. The van der Waals surface area contributed by atoms with Crippen molar-refractivity contribution in [2.75, 3.05) is 13.1 Å². The van der Waals surface area contributed by atoms with Gasteiger partial charge >= 0.3 is 0 Å². The van der Waals surface area contributed by atoms with Gasteiger partial charge in [-0.05, 0) is 24.8 Å². The van der Waals surface area contributed by atoms with E-state index in [0.717, 1.165) is 44.7 Å². The molecule has 0 aliphatic carbocycles. The summed E-state index contributed by atoms with van der Waals surface area (Å²) in [4.78, 5) is 22.8. The van der Waals surface area contributed by atoms with Gasteiger partial charge in [0.25, 0.3) is 5.91 Å². The highest BCUT2D eigenvalue weighted by Gasteiger charge is 2.24. The maximum absolute atomic E-state index is 12.5. The monoisotopic (exact) mass is 299 g/mol. The Kier molecular flexibility index (Phi) is 4.46. The van der Waals surface area contributed by atoms with Crippen molar-refractivity contribution < 1.29 is 4.79 Å². The molecule has 1 aliphatic heterocycles. The van der Waals surface area contributed by atoms with Crippen molar-refractivity contribution >= 4 is 5.91 Å². The van der Waals surface area contributed by atoms with Gasteiger partial charge in [-0.1, -0.05) is 6.92 Å². The van der Waals surface area contributed by atoms with Crippen molar-refractivity contribution in [1.29, 1.82) is 0 Å². The van der Waals surface area contributed by atoms with E-state index < -0.39 is 0 Å². The molecule has 1 aliphatic rings. The lowest BCUT2D eigenvalue weighted by Gasteiger charge is -2.31. The minimum absolute atomic E-state index is 0.0418. The highest BCUT2D eigenvalue weighted by atomic mass is 16.2. The number of aryl methyl sites for hydroxylation is 1. The summed E-state index contributed by atoms with van der Waals surface area (Å²) in [5.41, 5.74) is 0.586. The molecule has 0 atom stereocenters. The molecule has 0 N–H and O–H groups in total. The number of aromatic nitrogens is 4. The van der Waals surface area contributed by atoms with Gasteiger partial charge in [0.15, 0.2) is 0 Å². The average Bonchev–Trinajstić information content (AvgIpc) is 3.08. The first-order valence-corrected chi connectivity index (χ1v) is 7.84. The molecule has 2 aromatic rings. The second kappa shape index (κ2) is 6.68. The molecule has 0 radical (unpaired) electrons. The number of hydrogen-bond donors (Lipinski definition) is 0. The molecule has 1 fully saturated rings. The average molecular weight is 299 g/mol. The molecular formula is C16H21N5O. The maximum Gasteiger partial charge on any atom is 0.256 e. The Morgan fingerprint density at radius 1 is 1.27 bits per heavy atom. The number of carbonyl (C=O) groups excluding carboxylic acids is 1. The van der Waals surface area contributed by atoms with Crippen LogP contribution in [0.4, 0.5) is 0 Å². The molecule has 22 heavy (non-hydrogen) atoms. The van der Waals surface area contributed by atoms with E-state index in [-0.39, 0.29) is 5.91 Å². The molecule has 0 bridgehead atoms. The van der Waals surface area contributed by atoms with Gasteiger partial charge in [-0.2, -0.15) is 5.10 Å². The molecule has 0 spiro atoms. The molecular weight excluding hydrogens is 278 g/mol. The number of nitrogens with zero attached hydrogens (tertiary/aromatic N) is 5. The van der Waals surface area contributed by atoms with Crippen LogP contribution < -0.4 is 0 Å². The minimum atomic E-state index is 0.0418. The third-order valence-corrected chi connectivity index (χ3v) is 4.17. The number of carbonyl (C=O) groups is 1. The van der Waals surface area contributed by atoms with Crippen LogP contribution in [0.25, 0.3) is 0 Å². The fourth-order valence-corrected chi connectivity index (χ4v) is 2.82. The van der Waals surface area contributed by atoms with E-state index in [9.17, 15) is 4.79 Å².